The van der Waals surface area contributed by atoms with E-state index in [0.717, 1.165) is 0 Å². The molecule has 0 aliphatic rings. The van der Waals surface area contributed by atoms with E-state index in [0.29, 0.717) is 4.47 Å². The summed E-state index contributed by atoms with van der Waals surface area (Å²) in [6.07, 6.45) is -0.944. The van der Waals surface area contributed by atoms with Crippen molar-refractivity contribution in [2.24, 2.45) is 5.73 Å². The summed E-state index contributed by atoms with van der Waals surface area (Å²) in [5.41, 5.74) is 5.43. The Morgan fingerprint density at radius 1 is 1.58 bits per heavy atom. The SMILES string of the molecule is NCC(O)c1c(F)cccc1Br. The van der Waals surface area contributed by atoms with E-state index >= 15 is 0 Å². The fraction of sp³-hybridized carbons (Fsp3) is 0.250. The van der Waals surface area contributed by atoms with E-state index in [-0.39, 0.29) is 12.1 Å². The topological polar surface area (TPSA) is 46.2 Å². The van der Waals surface area contributed by atoms with Gasteiger partial charge in [0.15, 0.2) is 0 Å². The van der Waals surface area contributed by atoms with Crippen LogP contribution in [0, 0.1) is 5.82 Å². The monoisotopic (exact) mass is 233 g/mol. The molecule has 66 valence electrons. The van der Waals surface area contributed by atoms with Crippen LogP contribution in [-0.4, -0.2) is 11.7 Å². The quantitative estimate of drug-likeness (QED) is 0.815. The van der Waals surface area contributed by atoms with E-state index in [2.05, 4.69) is 15.9 Å². The molecule has 1 aromatic carbocycles. The van der Waals surface area contributed by atoms with E-state index < -0.39 is 11.9 Å². The molecule has 0 heterocycles. The van der Waals surface area contributed by atoms with Gasteiger partial charge in [-0.25, -0.2) is 4.39 Å². The van der Waals surface area contributed by atoms with Crippen molar-refractivity contribution >= 4 is 15.9 Å². The van der Waals surface area contributed by atoms with Crippen molar-refractivity contribution in [1.29, 1.82) is 0 Å². The van der Waals surface area contributed by atoms with E-state index in [1.807, 2.05) is 0 Å². The molecule has 3 N–H and O–H groups in total. The van der Waals surface area contributed by atoms with Crippen LogP contribution in [0.15, 0.2) is 22.7 Å². The molecule has 0 aliphatic carbocycles. The molecular formula is C8H9BrFNO. The number of halogens is 2. The van der Waals surface area contributed by atoms with Gasteiger partial charge in [-0.1, -0.05) is 22.0 Å². The fourth-order valence-corrected chi connectivity index (χ4v) is 1.55. The van der Waals surface area contributed by atoms with Crippen molar-refractivity contribution in [3.05, 3.63) is 34.1 Å². The van der Waals surface area contributed by atoms with E-state index in [9.17, 15) is 9.50 Å². The van der Waals surface area contributed by atoms with Crippen LogP contribution in [0.25, 0.3) is 0 Å². The Kier molecular flexibility index (Phi) is 3.20. The maximum atomic E-state index is 13.0. The number of rotatable bonds is 2. The first-order valence-corrected chi connectivity index (χ1v) is 4.28. The lowest BCUT2D eigenvalue weighted by molar-refractivity contribution is 0.181. The Hall–Kier alpha value is -0.450. The van der Waals surface area contributed by atoms with Gasteiger partial charge in [-0.3, -0.25) is 0 Å². The molecule has 0 aliphatic heterocycles. The molecule has 2 nitrogen and oxygen atoms in total. The maximum Gasteiger partial charge on any atom is 0.130 e. The molecule has 1 unspecified atom stereocenters. The number of hydrogen-bond donors (Lipinski definition) is 2. The van der Waals surface area contributed by atoms with Crippen LogP contribution in [0.1, 0.15) is 11.7 Å². The summed E-state index contributed by atoms with van der Waals surface area (Å²) >= 11 is 3.13. The number of hydrogen-bond acceptors (Lipinski definition) is 2. The molecule has 0 amide bonds. The third-order valence-corrected chi connectivity index (χ3v) is 2.25. The summed E-state index contributed by atoms with van der Waals surface area (Å²) in [4.78, 5) is 0. The Bertz CT molecular complexity index is 260. The summed E-state index contributed by atoms with van der Waals surface area (Å²) in [6, 6.07) is 4.52. The minimum absolute atomic E-state index is 0.0134. The van der Waals surface area contributed by atoms with Gasteiger partial charge in [0, 0.05) is 16.6 Å². The predicted octanol–water partition coefficient (Wildman–Crippen LogP) is 1.58. The van der Waals surface area contributed by atoms with Gasteiger partial charge in [0.2, 0.25) is 0 Å². The Balaban J connectivity index is 3.12. The molecule has 12 heavy (non-hydrogen) atoms. The largest absolute Gasteiger partial charge is 0.387 e. The Morgan fingerprint density at radius 3 is 2.75 bits per heavy atom. The van der Waals surface area contributed by atoms with E-state index in [1.165, 1.54) is 6.07 Å². The zero-order valence-corrected chi connectivity index (χ0v) is 7.88. The minimum Gasteiger partial charge on any atom is -0.387 e. The number of nitrogens with two attached hydrogens (primary N) is 1. The van der Waals surface area contributed by atoms with Crippen molar-refractivity contribution in [2.75, 3.05) is 6.54 Å². The standard InChI is InChI=1S/C8H9BrFNO/c9-5-2-1-3-6(10)8(5)7(12)4-11/h1-3,7,12H,4,11H2. The summed E-state index contributed by atoms with van der Waals surface area (Å²) in [6.45, 7) is 0.0134. The summed E-state index contributed by atoms with van der Waals surface area (Å²) in [7, 11) is 0. The van der Waals surface area contributed by atoms with Crippen molar-refractivity contribution in [2.45, 2.75) is 6.10 Å². The van der Waals surface area contributed by atoms with Gasteiger partial charge < -0.3 is 10.8 Å². The zero-order valence-electron chi connectivity index (χ0n) is 6.30. The van der Waals surface area contributed by atoms with Crippen LogP contribution in [0.5, 0.6) is 0 Å². The first-order valence-electron chi connectivity index (χ1n) is 3.49. The van der Waals surface area contributed by atoms with Crippen LogP contribution < -0.4 is 5.73 Å². The van der Waals surface area contributed by atoms with Gasteiger partial charge in [-0.15, -0.1) is 0 Å². The Labute approximate surface area is 78.3 Å². The van der Waals surface area contributed by atoms with E-state index in [4.69, 9.17) is 5.73 Å². The van der Waals surface area contributed by atoms with Crippen LogP contribution in [-0.2, 0) is 0 Å². The van der Waals surface area contributed by atoms with Gasteiger partial charge in [-0.05, 0) is 12.1 Å². The lowest BCUT2D eigenvalue weighted by Gasteiger charge is -2.10. The molecule has 0 bridgehead atoms. The van der Waals surface area contributed by atoms with Crippen molar-refractivity contribution in [3.63, 3.8) is 0 Å². The van der Waals surface area contributed by atoms with Gasteiger partial charge in [-0.2, -0.15) is 0 Å². The highest BCUT2D eigenvalue weighted by Gasteiger charge is 2.13. The van der Waals surface area contributed by atoms with Crippen LogP contribution in [0.4, 0.5) is 4.39 Å². The van der Waals surface area contributed by atoms with Gasteiger partial charge in [0.25, 0.3) is 0 Å². The fourth-order valence-electron chi connectivity index (χ4n) is 0.947. The first kappa shape index (κ1) is 9.64. The second kappa shape index (κ2) is 3.98. The number of benzene rings is 1. The first-order chi connectivity index (χ1) is 5.66. The highest BCUT2D eigenvalue weighted by atomic mass is 79.9. The molecule has 0 fully saturated rings. The van der Waals surface area contributed by atoms with Crippen LogP contribution in [0.2, 0.25) is 0 Å². The molecular weight excluding hydrogens is 225 g/mol. The van der Waals surface area contributed by atoms with Gasteiger partial charge in [0.1, 0.15) is 5.82 Å². The number of aliphatic hydroxyl groups is 1. The van der Waals surface area contributed by atoms with Gasteiger partial charge in [0.05, 0.1) is 6.10 Å². The van der Waals surface area contributed by atoms with Crippen molar-refractivity contribution in [3.8, 4) is 0 Å². The maximum absolute atomic E-state index is 13.0. The minimum atomic E-state index is -0.944. The second-order valence-electron chi connectivity index (χ2n) is 2.39. The summed E-state index contributed by atoms with van der Waals surface area (Å²) in [5, 5.41) is 9.30. The molecule has 1 atom stereocenters. The third-order valence-electron chi connectivity index (χ3n) is 1.56. The molecule has 0 saturated heterocycles. The normalized spacial score (nSPS) is 13.0. The van der Waals surface area contributed by atoms with Crippen molar-refractivity contribution in [1.82, 2.24) is 0 Å². The molecule has 0 aromatic heterocycles. The average molecular weight is 234 g/mol. The molecule has 0 spiro atoms. The van der Waals surface area contributed by atoms with Gasteiger partial charge >= 0.3 is 0 Å². The average Bonchev–Trinajstić information content (AvgIpc) is 2.03. The van der Waals surface area contributed by atoms with Crippen LogP contribution >= 0.6 is 15.9 Å². The zero-order chi connectivity index (χ0) is 9.14. The van der Waals surface area contributed by atoms with E-state index in [1.54, 1.807) is 12.1 Å². The molecule has 4 heteroatoms. The molecule has 1 rings (SSSR count). The Morgan fingerprint density at radius 2 is 2.25 bits per heavy atom. The predicted molar refractivity (Wildman–Crippen MR) is 48.1 cm³/mol. The summed E-state index contributed by atoms with van der Waals surface area (Å²) < 4.78 is 13.6. The van der Waals surface area contributed by atoms with Crippen LogP contribution in [0.3, 0.4) is 0 Å². The lowest BCUT2D eigenvalue weighted by atomic mass is 10.1. The lowest BCUT2D eigenvalue weighted by Crippen LogP contribution is -2.13. The smallest absolute Gasteiger partial charge is 0.130 e. The van der Waals surface area contributed by atoms with Crippen molar-refractivity contribution < 1.29 is 9.50 Å². The highest BCUT2D eigenvalue weighted by molar-refractivity contribution is 9.10. The summed E-state index contributed by atoms with van der Waals surface area (Å²) in [5.74, 6) is -0.442. The molecule has 1 aromatic rings. The second-order valence-corrected chi connectivity index (χ2v) is 3.24. The highest BCUT2D eigenvalue weighted by Crippen LogP contribution is 2.25. The molecule has 0 saturated carbocycles. The third kappa shape index (κ3) is 1.83. The number of aliphatic hydroxyl groups excluding tert-OH is 1. The molecule has 0 radical (unpaired) electrons.